The lowest BCUT2D eigenvalue weighted by molar-refractivity contribution is -0.121. The smallest absolute Gasteiger partial charge is 0.263 e. The molecule has 6 heteroatoms. The number of fused-ring (bicyclic) bond motifs is 1. The zero-order chi connectivity index (χ0) is 22.8. The summed E-state index contributed by atoms with van der Waals surface area (Å²) in [5, 5.41) is 3.45. The molecular weight excluding hydrogens is 400 g/mol. The van der Waals surface area contributed by atoms with Gasteiger partial charge in [-0.05, 0) is 57.4 Å². The number of carbonyl (C=O) groups excluding carboxylic acids is 1. The van der Waals surface area contributed by atoms with Crippen LogP contribution < -0.4 is 10.9 Å². The van der Waals surface area contributed by atoms with Crippen LogP contribution in [-0.2, 0) is 17.8 Å². The van der Waals surface area contributed by atoms with Gasteiger partial charge in [-0.2, -0.15) is 0 Å². The number of benzene rings is 2. The molecule has 0 aliphatic carbocycles. The first-order chi connectivity index (χ1) is 15.3. The van der Waals surface area contributed by atoms with Crippen molar-refractivity contribution in [3.05, 3.63) is 93.2 Å². The van der Waals surface area contributed by atoms with Gasteiger partial charge in [0.15, 0.2) is 5.65 Å². The van der Waals surface area contributed by atoms with Crippen molar-refractivity contribution in [2.45, 2.75) is 40.7 Å². The van der Waals surface area contributed by atoms with Gasteiger partial charge in [-0.25, -0.2) is 4.98 Å². The molecule has 1 amide bonds. The number of rotatable bonds is 6. The molecule has 2 aromatic heterocycles. The molecule has 0 aliphatic heterocycles. The Morgan fingerprint density at radius 1 is 0.938 bits per heavy atom. The molecular formula is C26H28N4O2. The second kappa shape index (κ2) is 8.83. The van der Waals surface area contributed by atoms with Gasteiger partial charge in [-0.1, -0.05) is 47.5 Å². The summed E-state index contributed by atoms with van der Waals surface area (Å²) in [6.45, 7) is 8.47. The third kappa shape index (κ3) is 4.21. The second-order valence-corrected chi connectivity index (χ2v) is 8.34. The van der Waals surface area contributed by atoms with Gasteiger partial charge in [0.05, 0.1) is 5.39 Å². The van der Waals surface area contributed by atoms with E-state index in [1.807, 2.05) is 56.5 Å². The molecule has 0 aliphatic rings. The van der Waals surface area contributed by atoms with Crippen LogP contribution in [0.2, 0.25) is 0 Å². The largest absolute Gasteiger partial charge is 0.354 e. The second-order valence-electron chi connectivity index (χ2n) is 8.34. The van der Waals surface area contributed by atoms with Crippen molar-refractivity contribution in [3.63, 3.8) is 0 Å². The summed E-state index contributed by atoms with van der Waals surface area (Å²) in [4.78, 5) is 30.2. The standard InChI is InChI=1S/C26H28N4O2/c1-17-5-9-21(10-6-17)13-14-27-23(31)15-29-16-28-25-24(26(29)32)19(3)20(4)30(25)22-11-7-18(2)8-12-22/h5-12,16H,13-15H2,1-4H3,(H,27,31). The predicted molar refractivity (Wildman–Crippen MR) is 127 cm³/mol. The number of amides is 1. The molecule has 0 saturated heterocycles. The first-order valence-electron chi connectivity index (χ1n) is 10.8. The molecule has 1 N–H and O–H groups in total. The summed E-state index contributed by atoms with van der Waals surface area (Å²) in [7, 11) is 0. The number of nitrogens with one attached hydrogen (secondary N) is 1. The minimum atomic E-state index is -0.201. The molecule has 4 rings (SSSR count). The van der Waals surface area contributed by atoms with Crippen LogP contribution in [0.15, 0.2) is 59.7 Å². The van der Waals surface area contributed by atoms with Gasteiger partial charge < -0.3 is 5.32 Å². The number of aryl methyl sites for hydroxylation is 3. The zero-order valence-electron chi connectivity index (χ0n) is 19.0. The number of carbonyl (C=O) groups is 1. The van der Waals surface area contributed by atoms with Gasteiger partial charge in [0.25, 0.3) is 5.56 Å². The summed E-state index contributed by atoms with van der Waals surface area (Å²) in [6, 6.07) is 16.4. The van der Waals surface area contributed by atoms with Gasteiger partial charge in [0, 0.05) is 17.9 Å². The van der Waals surface area contributed by atoms with Crippen LogP contribution in [0.3, 0.4) is 0 Å². The van der Waals surface area contributed by atoms with Crippen LogP contribution in [0.25, 0.3) is 16.7 Å². The molecule has 0 unspecified atom stereocenters. The highest BCUT2D eigenvalue weighted by molar-refractivity contribution is 5.83. The predicted octanol–water partition coefficient (Wildman–Crippen LogP) is 3.78. The highest BCUT2D eigenvalue weighted by Crippen LogP contribution is 2.25. The van der Waals surface area contributed by atoms with Crippen LogP contribution in [0.1, 0.15) is 27.9 Å². The first kappa shape index (κ1) is 21.6. The molecule has 32 heavy (non-hydrogen) atoms. The molecule has 0 radical (unpaired) electrons. The summed E-state index contributed by atoms with van der Waals surface area (Å²) in [6.07, 6.45) is 2.21. The van der Waals surface area contributed by atoms with Crippen LogP contribution in [0, 0.1) is 27.7 Å². The maximum absolute atomic E-state index is 13.2. The molecule has 2 aromatic carbocycles. The van der Waals surface area contributed by atoms with Crippen molar-refractivity contribution in [2.24, 2.45) is 0 Å². The van der Waals surface area contributed by atoms with E-state index in [1.54, 1.807) is 0 Å². The first-order valence-corrected chi connectivity index (χ1v) is 10.8. The Balaban J connectivity index is 1.54. The fraction of sp³-hybridized carbons (Fsp3) is 0.269. The number of hydrogen-bond acceptors (Lipinski definition) is 3. The Kier molecular flexibility index (Phi) is 5.95. The molecule has 0 spiro atoms. The van der Waals surface area contributed by atoms with Gasteiger partial charge in [-0.3, -0.25) is 18.7 Å². The average molecular weight is 429 g/mol. The normalized spacial score (nSPS) is 11.1. The lowest BCUT2D eigenvalue weighted by Gasteiger charge is -2.10. The van der Waals surface area contributed by atoms with Crippen LogP contribution in [0.5, 0.6) is 0 Å². The molecule has 0 saturated carbocycles. The van der Waals surface area contributed by atoms with E-state index >= 15 is 0 Å². The lowest BCUT2D eigenvalue weighted by atomic mass is 10.1. The van der Waals surface area contributed by atoms with E-state index in [4.69, 9.17) is 0 Å². The minimum Gasteiger partial charge on any atom is -0.354 e. The van der Waals surface area contributed by atoms with E-state index in [0.717, 1.165) is 23.4 Å². The maximum atomic E-state index is 13.2. The summed E-state index contributed by atoms with van der Waals surface area (Å²) < 4.78 is 3.38. The zero-order valence-corrected chi connectivity index (χ0v) is 19.0. The summed E-state index contributed by atoms with van der Waals surface area (Å²) in [5.74, 6) is -0.201. The van der Waals surface area contributed by atoms with Gasteiger partial charge in [-0.15, -0.1) is 0 Å². The van der Waals surface area contributed by atoms with Crippen LogP contribution in [-0.4, -0.2) is 26.6 Å². The number of hydrogen-bond donors (Lipinski definition) is 1. The van der Waals surface area contributed by atoms with Gasteiger partial charge in [0.1, 0.15) is 12.9 Å². The summed E-state index contributed by atoms with van der Waals surface area (Å²) >= 11 is 0. The summed E-state index contributed by atoms with van der Waals surface area (Å²) in [5.41, 5.74) is 6.77. The molecule has 4 aromatic rings. The molecule has 0 bridgehead atoms. The topological polar surface area (TPSA) is 68.9 Å². The number of aromatic nitrogens is 3. The SMILES string of the molecule is Cc1ccc(CCNC(=O)Cn2cnc3c(c(C)c(C)n3-c3ccc(C)cc3)c2=O)cc1. The van der Waals surface area contributed by atoms with Crippen molar-refractivity contribution >= 4 is 16.9 Å². The third-order valence-electron chi connectivity index (χ3n) is 5.95. The Labute approximate surface area is 187 Å². The van der Waals surface area contributed by atoms with E-state index in [1.165, 1.54) is 27.6 Å². The maximum Gasteiger partial charge on any atom is 0.263 e. The van der Waals surface area contributed by atoms with Crippen molar-refractivity contribution in [1.29, 1.82) is 0 Å². The molecule has 6 nitrogen and oxygen atoms in total. The van der Waals surface area contributed by atoms with Crippen LogP contribution in [0.4, 0.5) is 0 Å². The fourth-order valence-corrected chi connectivity index (χ4v) is 3.92. The molecule has 164 valence electrons. The van der Waals surface area contributed by atoms with Crippen molar-refractivity contribution in [2.75, 3.05) is 6.54 Å². The molecule has 2 heterocycles. The Morgan fingerprint density at radius 2 is 1.56 bits per heavy atom. The lowest BCUT2D eigenvalue weighted by Crippen LogP contribution is -2.33. The van der Waals surface area contributed by atoms with E-state index < -0.39 is 0 Å². The molecule has 0 atom stereocenters. The van der Waals surface area contributed by atoms with Crippen molar-refractivity contribution < 1.29 is 4.79 Å². The number of nitrogens with zero attached hydrogens (tertiary/aromatic N) is 3. The Bertz CT molecular complexity index is 1330. The Hall–Kier alpha value is -3.67. The van der Waals surface area contributed by atoms with Crippen molar-refractivity contribution in [1.82, 2.24) is 19.4 Å². The van der Waals surface area contributed by atoms with Crippen LogP contribution >= 0.6 is 0 Å². The highest BCUT2D eigenvalue weighted by atomic mass is 16.2. The average Bonchev–Trinajstić information content (AvgIpc) is 3.03. The van der Waals surface area contributed by atoms with Gasteiger partial charge >= 0.3 is 0 Å². The van der Waals surface area contributed by atoms with E-state index in [-0.39, 0.29) is 18.0 Å². The fourth-order valence-electron chi connectivity index (χ4n) is 3.92. The van der Waals surface area contributed by atoms with E-state index in [9.17, 15) is 9.59 Å². The Morgan fingerprint density at radius 3 is 2.22 bits per heavy atom. The van der Waals surface area contributed by atoms with Crippen molar-refractivity contribution in [3.8, 4) is 5.69 Å². The monoisotopic (exact) mass is 428 g/mol. The minimum absolute atomic E-state index is 0.0517. The van der Waals surface area contributed by atoms with E-state index in [2.05, 4.69) is 34.6 Å². The molecule has 0 fully saturated rings. The quantitative estimate of drug-likeness (QED) is 0.508. The highest BCUT2D eigenvalue weighted by Gasteiger charge is 2.18. The third-order valence-corrected chi connectivity index (χ3v) is 5.95. The van der Waals surface area contributed by atoms with E-state index in [0.29, 0.717) is 17.6 Å². The van der Waals surface area contributed by atoms with Gasteiger partial charge in [0.2, 0.25) is 5.91 Å².